The van der Waals surface area contributed by atoms with Crippen molar-refractivity contribution >= 4 is 17.5 Å². The molecule has 3 saturated heterocycles. The number of hydrogen-bond acceptors (Lipinski definition) is 5. The minimum atomic E-state index is -0.272. The molecule has 3 aliphatic heterocycles. The first-order chi connectivity index (χ1) is 12.1. The molecule has 3 N–H and O–H groups in total. The van der Waals surface area contributed by atoms with Crippen LogP contribution in [0, 0.1) is 5.41 Å². The Labute approximate surface area is 148 Å². The summed E-state index contributed by atoms with van der Waals surface area (Å²) in [5.41, 5.74) is 3.01. The molecule has 3 aliphatic rings. The number of imide groups is 1. The topological polar surface area (TPSA) is 73.5 Å². The van der Waals surface area contributed by atoms with Crippen LogP contribution in [-0.2, 0) is 16.1 Å². The predicted molar refractivity (Wildman–Crippen MR) is 96.2 cm³/mol. The zero-order valence-corrected chi connectivity index (χ0v) is 14.5. The van der Waals surface area contributed by atoms with E-state index >= 15 is 0 Å². The Hall–Kier alpha value is -1.92. The van der Waals surface area contributed by atoms with E-state index in [-0.39, 0.29) is 17.9 Å². The van der Waals surface area contributed by atoms with Crippen molar-refractivity contribution < 1.29 is 9.59 Å². The summed E-state index contributed by atoms with van der Waals surface area (Å²) in [7, 11) is 0. The van der Waals surface area contributed by atoms with Gasteiger partial charge in [-0.3, -0.25) is 14.9 Å². The highest BCUT2D eigenvalue weighted by molar-refractivity contribution is 6.00. The van der Waals surface area contributed by atoms with Crippen LogP contribution >= 0.6 is 0 Å². The highest BCUT2D eigenvalue weighted by Crippen LogP contribution is 2.36. The van der Waals surface area contributed by atoms with Crippen LogP contribution in [0.5, 0.6) is 0 Å². The monoisotopic (exact) mass is 342 g/mol. The first kappa shape index (κ1) is 16.5. The second-order valence-electron chi connectivity index (χ2n) is 7.64. The zero-order valence-electron chi connectivity index (χ0n) is 14.5. The van der Waals surface area contributed by atoms with Crippen molar-refractivity contribution in [1.29, 1.82) is 0 Å². The Morgan fingerprint density at radius 2 is 1.84 bits per heavy atom. The van der Waals surface area contributed by atoms with E-state index in [1.54, 1.807) is 0 Å². The fraction of sp³-hybridized carbons (Fsp3) is 0.579. The molecule has 1 aromatic rings. The highest BCUT2D eigenvalue weighted by atomic mass is 16.2. The molecule has 0 bridgehead atoms. The van der Waals surface area contributed by atoms with Crippen LogP contribution in [0.3, 0.4) is 0 Å². The van der Waals surface area contributed by atoms with E-state index in [2.05, 4.69) is 45.1 Å². The van der Waals surface area contributed by atoms with E-state index in [4.69, 9.17) is 0 Å². The quantitative estimate of drug-likeness (QED) is 0.705. The number of hydrogen-bond donors (Lipinski definition) is 3. The molecule has 4 rings (SSSR count). The summed E-state index contributed by atoms with van der Waals surface area (Å²) in [6, 6.07) is 8.34. The van der Waals surface area contributed by atoms with Crippen molar-refractivity contribution in [3.05, 3.63) is 29.8 Å². The summed E-state index contributed by atoms with van der Waals surface area (Å²) in [4.78, 5) is 25.4. The van der Waals surface area contributed by atoms with Gasteiger partial charge in [0, 0.05) is 44.8 Å². The van der Waals surface area contributed by atoms with Crippen molar-refractivity contribution in [3.8, 4) is 0 Å². The number of benzene rings is 1. The second-order valence-corrected chi connectivity index (χ2v) is 7.64. The van der Waals surface area contributed by atoms with Gasteiger partial charge >= 0.3 is 0 Å². The Kier molecular flexibility index (Phi) is 4.48. The van der Waals surface area contributed by atoms with Gasteiger partial charge in [0.2, 0.25) is 11.8 Å². The van der Waals surface area contributed by atoms with E-state index in [0.717, 1.165) is 18.7 Å². The molecule has 1 aromatic carbocycles. The van der Waals surface area contributed by atoms with Gasteiger partial charge in [0.25, 0.3) is 0 Å². The van der Waals surface area contributed by atoms with Gasteiger partial charge < -0.3 is 15.5 Å². The van der Waals surface area contributed by atoms with Crippen LogP contribution in [0.15, 0.2) is 24.3 Å². The second kappa shape index (κ2) is 6.77. The molecule has 6 heteroatoms. The Balaban J connectivity index is 1.28. The maximum atomic E-state index is 11.8. The smallest absolute Gasteiger partial charge is 0.243 e. The van der Waals surface area contributed by atoms with Crippen molar-refractivity contribution in [3.63, 3.8) is 0 Å². The van der Waals surface area contributed by atoms with E-state index < -0.39 is 0 Å². The minimum Gasteiger partial charge on any atom is -0.371 e. The number of piperidine rings is 2. The summed E-state index contributed by atoms with van der Waals surface area (Å²) in [5.74, 6) is -0.381. The number of rotatable bonds is 4. The van der Waals surface area contributed by atoms with Crippen LogP contribution in [-0.4, -0.2) is 44.0 Å². The van der Waals surface area contributed by atoms with Gasteiger partial charge in [-0.15, -0.1) is 0 Å². The van der Waals surface area contributed by atoms with Crippen LogP contribution in [0.1, 0.15) is 31.2 Å². The molecule has 6 nitrogen and oxygen atoms in total. The summed E-state index contributed by atoms with van der Waals surface area (Å²) in [6.45, 7) is 5.28. The average molecular weight is 342 g/mol. The first-order valence-corrected chi connectivity index (χ1v) is 9.25. The maximum absolute atomic E-state index is 11.8. The van der Waals surface area contributed by atoms with E-state index in [1.807, 2.05) is 0 Å². The van der Waals surface area contributed by atoms with Crippen LogP contribution < -0.4 is 20.9 Å². The van der Waals surface area contributed by atoms with Gasteiger partial charge in [-0.05, 0) is 42.4 Å². The first-order valence-electron chi connectivity index (χ1n) is 9.25. The molecule has 1 unspecified atom stereocenters. The van der Waals surface area contributed by atoms with Gasteiger partial charge in [-0.25, -0.2) is 0 Å². The van der Waals surface area contributed by atoms with Crippen LogP contribution in [0.4, 0.5) is 5.69 Å². The van der Waals surface area contributed by atoms with Gasteiger partial charge in [0.15, 0.2) is 0 Å². The molecular formula is C19H26N4O2. The normalized spacial score (nSPS) is 25.6. The SMILES string of the molecule is O=C1CCC(NCc2ccc(N3CCC4(CC3)CNC4)cc2)C(=O)N1. The Morgan fingerprint density at radius 3 is 2.44 bits per heavy atom. The third-order valence-corrected chi connectivity index (χ3v) is 5.92. The lowest BCUT2D eigenvalue weighted by Crippen LogP contribution is -2.58. The van der Waals surface area contributed by atoms with Crippen molar-refractivity contribution in [2.45, 2.75) is 38.3 Å². The third kappa shape index (κ3) is 3.55. The van der Waals surface area contributed by atoms with Gasteiger partial charge in [0.1, 0.15) is 0 Å². The lowest BCUT2D eigenvalue weighted by molar-refractivity contribution is -0.134. The molecule has 25 heavy (non-hydrogen) atoms. The number of anilines is 1. The molecule has 3 fully saturated rings. The molecule has 0 radical (unpaired) electrons. The molecule has 134 valence electrons. The highest BCUT2D eigenvalue weighted by Gasteiger charge is 2.39. The number of amides is 2. The Morgan fingerprint density at radius 1 is 1.12 bits per heavy atom. The number of carbonyl (C=O) groups is 2. The zero-order chi connectivity index (χ0) is 17.3. The lowest BCUT2D eigenvalue weighted by atomic mass is 9.73. The Bertz CT molecular complexity index is 644. The van der Waals surface area contributed by atoms with Crippen LogP contribution in [0.25, 0.3) is 0 Å². The van der Waals surface area contributed by atoms with Crippen molar-refractivity contribution in [1.82, 2.24) is 16.0 Å². The molecular weight excluding hydrogens is 316 g/mol. The molecule has 2 amide bonds. The summed E-state index contributed by atoms with van der Waals surface area (Å²) < 4.78 is 0. The summed E-state index contributed by atoms with van der Waals surface area (Å²) in [6.07, 6.45) is 3.54. The fourth-order valence-corrected chi connectivity index (χ4v) is 4.03. The number of nitrogens with one attached hydrogen (secondary N) is 3. The maximum Gasteiger partial charge on any atom is 0.243 e. The summed E-state index contributed by atoms with van der Waals surface area (Å²) in [5, 5.41) is 9.04. The number of nitrogens with zero attached hydrogens (tertiary/aromatic N) is 1. The van der Waals surface area contributed by atoms with Gasteiger partial charge in [-0.2, -0.15) is 0 Å². The molecule has 0 aromatic heterocycles. The average Bonchev–Trinajstić information content (AvgIpc) is 2.60. The molecule has 1 spiro atoms. The number of carbonyl (C=O) groups excluding carboxylic acids is 2. The standard InChI is InChI=1S/C19H26N4O2/c24-17-6-5-16(18(25)22-17)21-11-14-1-3-15(4-2-14)23-9-7-19(8-10-23)12-20-13-19/h1-4,16,20-21H,5-13H2,(H,22,24,25). The molecule has 1 atom stereocenters. The molecule has 0 aliphatic carbocycles. The van der Waals surface area contributed by atoms with Gasteiger partial charge in [0.05, 0.1) is 6.04 Å². The van der Waals surface area contributed by atoms with Crippen molar-refractivity contribution in [2.75, 3.05) is 31.1 Å². The van der Waals surface area contributed by atoms with E-state index in [1.165, 1.54) is 31.6 Å². The third-order valence-electron chi connectivity index (χ3n) is 5.92. The minimum absolute atomic E-state index is 0.173. The van der Waals surface area contributed by atoms with Crippen molar-refractivity contribution in [2.24, 2.45) is 5.41 Å². The predicted octanol–water partition coefficient (Wildman–Crippen LogP) is 0.771. The molecule has 0 saturated carbocycles. The largest absolute Gasteiger partial charge is 0.371 e. The van der Waals surface area contributed by atoms with Gasteiger partial charge in [-0.1, -0.05) is 12.1 Å². The lowest BCUT2D eigenvalue weighted by Gasteiger charge is -2.49. The van der Waals surface area contributed by atoms with Crippen LogP contribution in [0.2, 0.25) is 0 Å². The van der Waals surface area contributed by atoms with E-state index in [0.29, 0.717) is 24.8 Å². The van der Waals surface area contributed by atoms with E-state index in [9.17, 15) is 9.59 Å². The fourth-order valence-electron chi connectivity index (χ4n) is 4.03. The summed E-state index contributed by atoms with van der Waals surface area (Å²) >= 11 is 0. The molecule has 3 heterocycles.